The molecule has 2 atom stereocenters. The number of H-pyrrole nitrogens is 1. The van der Waals surface area contributed by atoms with Crippen molar-refractivity contribution >= 4 is 11.8 Å². The van der Waals surface area contributed by atoms with Crippen molar-refractivity contribution in [2.75, 3.05) is 0 Å². The second kappa shape index (κ2) is 4.84. The minimum absolute atomic E-state index is 0.340. The standard InChI is InChI=1S/C10H17N3S/c11-8-4-2-1-3-5-9(8)14-10-12-6-7-13-10/h6-9H,1-5,11H2,(H,12,13). The maximum Gasteiger partial charge on any atom is 0.165 e. The number of hydrogen-bond donors (Lipinski definition) is 2. The van der Waals surface area contributed by atoms with Crippen LogP contribution in [0.2, 0.25) is 0 Å². The predicted molar refractivity (Wildman–Crippen MR) is 59.3 cm³/mol. The molecule has 0 aliphatic heterocycles. The first kappa shape index (κ1) is 10.1. The Morgan fingerprint density at radius 2 is 2.21 bits per heavy atom. The number of aromatic amines is 1. The third-order valence-electron chi connectivity index (χ3n) is 2.74. The van der Waals surface area contributed by atoms with Gasteiger partial charge in [-0.25, -0.2) is 4.98 Å². The fraction of sp³-hybridized carbons (Fsp3) is 0.700. The zero-order valence-corrected chi connectivity index (χ0v) is 9.09. The van der Waals surface area contributed by atoms with Gasteiger partial charge in [0.1, 0.15) is 0 Å². The van der Waals surface area contributed by atoms with Gasteiger partial charge in [-0.15, -0.1) is 0 Å². The molecule has 1 aliphatic rings. The topological polar surface area (TPSA) is 54.7 Å². The lowest BCUT2D eigenvalue weighted by molar-refractivity contribution is 0.595. The highest BCUT2D eigenvalue weighted by Crippen LogP contribution is 2.30. The van der Waals surface area contributed by atoms with Gasteiger partial charge in [-0.1, -0.05) is 31.0 Å². The Labute approximate surface area is 88.9 Å². The molecule has 3 N–H and O–H groups in total. The van der Waals surface area contributed by atoms with Crippen LogP contribution in [0, 0.1) is 0 Å². The van der Waals surface area contributed by atoms with Crippen LogP contribution >= 0.6 is 11.8 Å². The van der Waals surface area contributed by atoms with Crippen LogP contribution in [0.15, 0.2) is 17.6 Å². The van der Waals surface area contributed by atoms with Gasteiger partial charge in [-0.05, 0) is 12.8 Å². The van der Waals surface area contributed by atoms with E-state index in [4.69, 9.17) is 5.73 Å². The highest BCUT2D eigenvalue weighted by Gasteiger charge is 2.21. The van der Waals surface area contributed by atoms with Crippen molar-refractivity contribution < 1.29 is 0 Å². The Bertz CT molecular complexity index is 260. The summed E-state index contributed by atoms with van der Waals surface area (Å²) in [7, 11) is 0. The summed E-state index contributed by atoms with van der Waals surface area (Å²) in [5, 5.41) is 1.55. The molecule has 1 heterocycles. The average molecular weight is 211 g/mol. The SMILES string of the molecule is NC1CCCCCC1Sc1ncc[nH]1. The first-order valence-corrected chi connectivity index (χ1v) is 6.16. The highest BCUT2D eigenvalue weighted by molar-refractivity contribution is 7.99. The monoisotopic (exact) mass is 211 g/mol. The van der Waals surface area contributed by atoms with Crippen LogP contribution < -0.4 is 5.73 Å². The number of imidazole rings is 1. The second-order valence-electron chi connectivity index (χ2n) is 3.85. The molecule has 3 nitrogen and oxygen atoms in total. The van der Waals surface area contributed by atoms with Gasteiger partial charge in [0.25, 0.3) is 0 Å². The van der Waals surface area contributed by atoms with Crippen molar-refractivity contribution in [1.82, 2.24) is 9.97 Å². The van der Waals surface area contributed by atoms with Crippen molar-refractivity contribution in [3.8, 4) is 0 Å². The van der Waals surface area contributed by atoms with Crippen LogP contribution in [0.3, 0.4) is 0 Å². The third-order valence-corrected chi connectivity index (χ3v) is 4.07. The molecular weight excluding hydrogens is 194 g/mol. The molecule has 0 amide bonds. The van der Waals surface area contributed by atoms with E-state index < -0.39 is 0 Å². The van der Waals surface area contributed by atoms with Crippen LogP contribution in [0.25, 0.3) is 0 Å². The third kappa shape index (κ3) is 2.51. The maximum atomic E-state index is 6.13. The van der Waals surface area contributed by atoms with Crippen molar-refractivity contribution in [2.24, 2.45) is 5.73 Å². The molecule has 1 saturated carbocycles. The molecule has 2 rings (SSSR count). The first-order chi connectivity index (χ1) is 6.86. The lowest BCUT2D eigenvalue weighted by Crippen LogP contribution is -2.31. The molecule has 4 heteroatoms. The van der Waals surface area contributed by atoms with Gasteiger partial charge in [-0.3, -0.25) is 0 Å². The smallest absolute Gasteiger partial charge is 0.165 e. The highest BCUT2D eigenvalue weighted by atomic mass is 32.2. The van der Waals surface area contributed by atoms with Crippen LogP contribution in [-0.2, 0) is 0 Å². The minimum atomic E-state index is 0.340. The molecule has 2 unspecified atom stereocenters. The number of nitrogens with one attached hydrogen (secondary N) is 1. The molecule has 1 aromatic heterocycles. The molecule has 1 aliphatic carbocycles. The summed E-state index contributed by atoms with van der Waals surface area (Å²) in [5.74, 6) is 0. The molecule has 0 saturated heterocycles. The summed E-state index contributed by atoms with van der Waals surface area (Å²) in [6.07, 6.45) is 9.99. The summed E-state index contributed by atoms with van der Waals surface area (Å²) >= 11 is 1.80. The zero-order chi connectivity index (χ0) is 9.80. The van der Waals surface area contributed by atoms with Gasteiger partial charge in [0.05, 0.1) is 0 Å². The van der Waals surface area contributed by atoms with Crippen molar-refractivity contribution in [3.05, 3.63) is 12.4 Å². The van der Waals surface area contributed by atoms with Gasteiger partial charge in [-0.2, -0.15) is 0 Å². The molecule has 1 fully saturated rings. The van der Waals surface area contributed by atoms with E-state index in [1.165, 1.54) is 32.1 Å². The van der Waals surface area contributed by atoms with Gasteiger partial charge in [0, 0.05) is 23.7 Å². The van der Waals surface area contributed by atoms with Crippen LogP contribution in [0.5, 0.6) is 0 Å². The van der Waals surface area contributed by atoms with E-state index in [0.29, 0.717) is 11.3 Å². The average Bonchev–Trinajstić information content (AvgIpc) is 2.60. The van der Waals surface area contributed by atoms with E-state index in [2.05, 4.69) is 9.97 Å². The zero-order valence-electron chi connectivity index (χ0n) is 8.28. The number of nitrogens with zero attached hydrogens (tertiary/aromatic N) is 1. The largest absolute Gasteiger partial charge is 0.340 e. The fourth-order valence-corrected chi connectivity index (χ4v) is 3.05. The van der Waals surface area contributed by atoms with Crippen molar-refractivity contribution in [3.63, 3.8) is 0 Å². The Kier molecular flexibility index (Phi) is 3.48. The normalized spacial score (nSPS) is 28.6. The van der Waals surface area contributed by atoms with Gasteiger partial charge >= 0.3 is 0 Å². The molecular formula is C10H17N3S. The van der Waals surface area contributed by atoms with Crippen LogP contribution in [0.1, 0.15) is 32.1 Å². The molecule has 0 aromatic carbocycles. The Morgan fingerprint density at radius 3 is 3.00 bits per heavy atom. The number of nitrogens with two attached hydrogens (primary N) is 1. The minimum Gasteiger partial charge on any atom is -0.340 e. The first-order valence-electron chi connectivity index (χ1n) is 5.28. The number of aromatic nitrogens is 2. The van der Waals surface area contributed by atoms with E-state index >= 15 is 0 Å². The Morgan fingerprint density at radius 1 is 1.36 bits per heavy atom. The van der Waals surface area contributed by atoms with Crippen molar-refractivity contribution in [2.45, 2.75) is 48.6 Å². The number of thioether (sulfide) groups is 1. The summed E-state index contributed by atoms with van der Waals surface area (Å²) in [6, 6.07) is 0.340. The van der Waals surface area contributed by atoms with Crippen LogP contribution in [-0.4, -0.2) is 21.3 Å². The predicted octanol–water partition coefficient (Wildman–Crippen LogP) is 2.16. The summed E-state index contributed by atoms with van der Waals surface area (Å²) < 4.78 is 0. The van der Waals surface area contributed by atoms with Gasteiger partial charge in [0.15, 0.2) is 5.16 Å². The molecule has 14 heavy (non-hydrogen) atoms. The molecule has 0 spiro atoms. The van der Waals surface area contributed by atoms with E-state index in [0.717, 1.165) is 5.16 Å². The fourth-order valence-electron chi connectivity index (χ4n) is 1.91. The van der Waals surface area contributed by atoms with E-state index in [-0.39, 0.29) is 0 Å². The lowest BCUT2D eigenvalue weighted by Gasteiger charge is -2.19. The van der Waals surface area contributed by atoms with Gasteiger partial charge in [0.2, 0.25) is 0 Å². The van der Waals surface area contributed by atoms with Gasteiger partial charge < -0.3 is 10.7 Å². The number of hydrogen-bond acceptors (Lipinski definition) is 3. The van der Waals surface area contributed by atoms with Crippen LogP contribution in [0.4, 0.5) is 0 Å². The Balaban J connectivity index is 1.94. The quantitative estimate of drug-likeness (QED) is 0.737. The molecule has 1 aromatic rings. The molecule has 0 bridgehead atoms. The van der Waals surface area contributed by atoms with Crippen molar-refractivity contribution in [1.29, 1.82) is 0 Å². The maximum absolute atomic E-state index is 6.13. The summed E-state index contributed by atoms with van der Waals surface area (Å²) in [6.45, 7) is 0. The molecule has 0 radical (unpaired) electrons. The van der Waals surface area contributed by atoms with E-state index in [9.17, 15) is 0 Å². The number of rotatable bonds is 2. The Hall–Kier alpha value is -0.480. The second-order valence-corrected chi connectivity index (χ2v) is 5.08. The lowest BCUT2D eigenvalue weighted by atomic mass is 10.1. The van der Waals surface area contributed by atoms with E-state index in [1.54, 1.807) is 18.0 Å². The molecule has 78 valence electrons. The van der Waals surface area contributed by atoms with E-state index in [1.807, 2.05) is 6.20 Å². The summed E-state index contributed by atoms with van der Waals surface area (Å²) in [4.78, 5) is 7.35. The summed E-state index contributed by atoms with van der Waals surface area (Å²) in [5.41, 5.74) is 6.13.